The second-order valence-corrected chi connectivity index (χ2v) is 6.67. The molecular weight excluding hydrogens is 443 g/mol. The van der Waals surface area contributed by atoms with Gasteiger partial charge in [0.15, 0.2) is 11.2 Å². The number of nitrogen functional groups attached to an aromatic ring is 1. The van der Waals surface area contributed by atoms with Crippen molar-refractivity contribution in [3.8, 4) is 0 Å². The van der Waals surface area contributed by atoms with Crippen LogP contribution in [0, 0.1) is 5.95 Å². The Balaban J connectivity index is 1.68. The van der Waals surface area contributed by atoms with Gasteiger partial charge in [-0.2, -0.15) is 9.37 Å². The van der Waals surface area contributed by atoms with E-state index in [1.165, 1.54) is 12.3 Å². The Kier molecular flexibility index (Phi) is 6.71. The second-order valence-electron chi connectivity index (χ2n) is 6.67. The molecule has 0 spiro atoms. The normalized spacial score (nSPS) is 11.7. The van der Waals surface area contributed by atoms with Crippen LogP contribution in [-0.2, 0) is 16.1 Å². The smallest absolute Gasteiger partial charge is 0.326 e. The summed E-state index contributed by atoms with van der Waals surface area (Å²) in [6, 6.07) is 0.846. The number of rotatable bonds is 9. The quantitative estimate of drug-likeness (QED) is 0.222. The molecule has 0 fully saturated rings. The van der Waals surface area contributed by atoms with Crippen LogP contribution in [0.15, 0.2) is 23.1 Å². The molecule has 0 bridgehead atoms. The van der Waals surface area contributed by atoms with Gasteiger partial charge in [-0.1, -0.05) is 0 Å². The minimum absolute atomic E-state index is 0.00101. The standard InChI is InChI=1S/C18H17FN8O6/c19-13-8(15(30)24-9(17(32)33)2-4-11(28)29)1-3-10(25-13)21-5-7-6-22-14-12(23-7)16(31)27-18(20)26-14/h1,3,6,9H,2,4-5H2,(H,21,25)(H,24,30)(H,28,29)(H,32,33)(H3,20,22,26,27,31)/t9-/m0/s1. The summed E-state index contributed by atoms with van der Waals surface area (Å²) >= 11 is 0. The van der Waals surface area contributed by atoms with Gasteiger partial charge in [-0.05, 0) is 18.6 Å². The van der Waals surface area contributed by atoms with Crippen LogP contribution >= 0.6 is 0 Å². The van der Waals surface area contributed by atoms with Gasteiger partial charge >= 0.3 is 11.9 Å². The maximum atomic E-state index is 14.3. The molecule has 15 heteroatoms. The molecule has 0 saturated heterocycles. The molecule has 3 aromatic rings. The molecule has 0 radical (unpaired) electrons. The number of H-pyrrole nitrogens is 1. The highest BCUT2D eigenvalue weighted by Crippen LogP contribution is 2.12. The molecule has 0 aliphatic carbocycles. The number of nitrogens with zero attached hydrogens (tertiary/aromatic N) is 4. The average molecular weight is 460 g/mol. The SMILES string of the molecule is Nc1nc2ncc(CNc3ccc(C(=O)N[C@@H](CCC(=O)O)C(=O)O)c(F)n3)nc2c(=O)[nH]1. The Hall–Kier alpha value is -4.69. The maximum Gasteiger partial charge on any atom is 0.326 e. The number of fused-ring (bicyclic) bond motifs is 1. The first kappa shape index (κ1) is 23.0. The highest BCUT2D eigenvalue weighted by atomic mass is 19.1. The first-order valence-electron chi connectivity index (χ1n) is 9.31. The largest absolute Gasteiger partial charge is 0.481 e. The van der Waals surface area contributed by atoms with E-state index in [1.54, 1.807) is 0 Å². The zero-order valence-corrected chi connectivity index (χ0v) is 16.7. The maximum absolute atomic E-state index is 14.3. The van der Waals surface area contributed by atoms with E-state index >= 15 is 0 Å². The average Bonchev–Trinajstić information content (AvgIpc) is 2.74. The van der Waals surface area contributed by atoms with Gasteiger partial charge in [-0.15, -0.1) is 0 Å². The summed E-state index contributed by atoms with van der Waals surface area (Å²) < 4.78 is 14.3. The third-order valence-corrected chi connectivity index (χ3v) is 4.28. The second kappa shape index (κ2) is 9.63. The highest BCUT2D eigenvalue weighted by Gasteiger charge is 2.23. The van der Waals surface area contributed by atoms with Crippen molar-refractivity contribution in [2.45, 2.75) is 25.4 Å². The number of pyridine rings is 1. The number of carbonyl (C=O) groups is 3. The van der Waals surface area contributed by atoms with Crippen LogP contribution in [0.1, 0.15) is 28.9 Å². The van der Waals surface area contributed by atoms with Gasteiger partial charge in [0, 0.05) is 6.42 Å². The van der Waals surface area contributed by atoms with Crippen molar-refractivity contribution in [3.05, 3.63) is 45.9 Å². The fourth-order valence-corrected chi connectivity index (χ4v) is 2.70. The first-order valence-corrected chi connectivity index (χ1v) is 9.31. The molecule has 1 atom stereocenters. The molecule has 0 aliphatic rings. The van der Waals surface area contributed by atoms with E-state index in [0.29, 0.717) is 5.69 Å². The molecule has 33 heavy (non-hydrogen) atoms. The van der Waals surface area contributed by atoms with Crippen LogP contribution in [0.2, 0.25) is 0 Å². The summed E-state index contributed by atoms with van der Waals surface area (Å²) in [5.74, 6) is -5.01. The van der Waals surface area contributed by atoms with Crippen LogP contribution in [0.3, 0.4) is 0 Å². The number of nitrogens with one attached hydrogen (secondary N) is 3. The van der Waals surface area contributed by atoms with Gasteiger partial charge in [0.05, 0.1) is 24.0 Å². The molecule has 0 saturated carbocycles. The predicted molar refractivity (Wildman–Crippen MR) is 110 cm³/mol. The van der Waals surface area contributed by atoms with Crippen LogP contribution in [0.4, 0.5) is 16.2 Å². The molecule has 3 heterocycles. The number of aromatic nitrogens is 5. The van der Waals surface area contributed by atoms with Crippen molar-refractivity contribution < 1.29 is 29.0 Å². The number of carboxylic acids is 2. The van der Waals surface area contributed by atoms with Crippen LogP contribution in [-0.4, -0.2) is 59.0 Å². The molecule has 3 rings (SSSR count). The monoisotopic (exact) mass is 460 g/mol. The molecule has 1 amide bonds. The number of nitrogens with two attached hydrogens (primary N) is 1. The van der Waals surface area contributed by atoms with Gasteiger partial charge in [-0.3, -0.25) is 19.4 Å². The molecule has 0 aliphatic heterocycles. The van der Waals surface area contributed by atoms with Crippen molar-refractivity contribution in [1.29, 1.82) is 0 Å². The van der Waals surface area contributed by atoms with Crippen molar-refractivity contribution in [1.82, 2.24) is 30.2 Å². The van der Waals surface area contributed by atoms with Crippen molar-refractivity contribution >= 4 is 40.8 Å². The zero-order chi connectivity index (χ0) is 24.1. The van der Waals surface area contributed by atoms with E-state index in [4.69, 9.17) is 15.9 Å². The molecular formula is C18H17FN8O6. The molecule has 14 nitrogen and oxygen atoms in total. The van der Waals surface area contributed by atoms with Crippen LogP contribution < -0.4 is 21.9 Å². The molecule has 172 valence electrons. The number of halogens is 1. The van der Waals surface area contributed by atoms with Crippen molar-refractivity contribution in [3.63, 3.8) is 0 Å². The van der Waals surface area contributed by atoms with Gasteiger partial charge in [0.1, 0.15) is 11.9 Å². The van der Waals surface area contributed by atoms with Crippen LogP contribution in [0.25, 0.3) is 11.2 Å². The number of aromatic amines is 1. The molecule has 7 N–H and O–H groups in total. The predicted octanol–water partition coefficient (Wildman–Crippen LogP) is -0.511. The molecule has 0 aromatic carbocycles. The Morgan fingerprint density at radius 1 is 1.18 bits per heavy atom. The lowest BCUT2D eigenvalue weighted by molar-refractivity contribution is -0.140. The van der Waals surface area contributed by atoms with E-state index in [0.717, 1.165) is 6.07 Å². The molecule has 3 aromatic heterocycles. The van der Waals surface area contributed by atoms with Crippen LogP contribution in [0.5, 0.6) is 0 Å². The number of amides is 1. The summed E-state index contributed by atoms with van der Waals surface area (Å²) in [6.07, 6.45) is 0.471. The Morgan fingerprint density at radius 2 is 1.94 bits per heavy atom. The van der Waals surface area contributed by atoms with E-state index in [1.807, 2.05) is 0 Å². The first-order chi connectivity index (χ1) is 15.6. The van der Waals surface area contributed by atoms with Gasteiger partial charge < -0.3 is 26.6 Å². The third-order valence-electron chi connectivity index (χ3n) is 4.28. The number of aliphatic carboxylic acids is 2. The number of hydrogen-bond acceptors (Lipinski definition) is 10. The zero-order valence-electron chi connectivity index (χ0n) is 16.7. The minimum Gasteiger partial charge on any atom is -0.481 e. The highest BCUT2D eigenvalue weighted by molar-refractivity contribution is 5.96. The summed E-state index contributed by atoms with van der Waals surface area (Å²) in [6.45, 7) is 0.00101. The Morgan fingerprint density at radius 3 is 2.61 bits per heavy atom. The van der Waals surface area contributed by atoms with E-state index in [-0.39, 0.29) is 35.9 Å². The van der Waals surface area contributed by atoms with E-state index < -0.39 is 47.4 Å². The topological polar surface area (TPSA) is 226 Å². The fraction of sp³-hybridized carbons (Fsp3) is 0.222. The third kappa shape index (κ3) is 5.72. The number of hydrogen-bond donors (Lipinski definition) is 6. The lowest BCUT2D eigenvalue weighted by Gasteiger charge is -2.14. The summed E-state index contributed by atoms with van der Waals surface area (Å²) in [5, 5.41) is 22.6. The summed E-state index contributed by atoms with van der Waals surface area (Å²) in [4.78, 5) is 63.8. The van der Waals surface area contributed by atoms with Crippen molar-refractivity contribution in [2.24, 2.45) is 0 Å². The lowest BCUT2D eigenvalue weighted by atomic mass is 10.1. The van der Waals surface area contributed by atoms with Crippen molar-refractivity contribution in [2.75, 3.05) is 11.1 Å². The van der Waals surface area contributed by atoms with E-state index in [2.05, 4.69) is 35.6 Å². The summed E-state index contributed by atoms with van der Waals surface area (Å²) in [7, 11) is 0. The van der Waals surface area contributed by atoms with E-state index in [9.17, 15) is 23.6 Å². The van der Waals surface area contributed by atoms with Gasteiger partial charge in [0.2, 0.25) is 11.9 Å². The number of carboxylic acid groups (broad SMARTS) is 2. The number of anilines is 2. The minimum atomic E-state index is -1.51. The fourth-order valence-electron chi connectivity index (χ4n) is 2.70. The Bertz CT molecular complexity index is 1300. The molecule has 0 unspecified atom stereocenters. The Labute approximate surface area is 183 Å². The van der Waals surface area contributed by atoms with Gasteiger partial charge in [-0.25, -0.2) is 19.7 Å². The number of carbonyl (C=O) groups excluding carboxylic acids is 1. The lowest BCUT2D eigenvalue weighted by Crippen LogP contribution is -2.41. The van der Waals surface area contributed by atoms with Gasteiger partial charge in [0.25, 0.3) is 11.5 Å². The summed E-state index contributed by atoms with van der Waals surface area (Å²) in [5.41, 5.74) is 4.67.